The third-order valence-corrected chi connectivity index (χ3v) is 7.24. The zero-order valence-corrected chi connectivity index (χ0v) is 19.7. The average molecular weight is 485 g/mol. The van der Waals surface area contributed by atoms with Gasteiger partial charge in [-0.3, -0.25) is 24.1 Å². The van der Waals surface area contributed by atoms with Crippen molar-refractivity contribution < 1.29 is 39.6 Å². The molecule has 1 saturated carbocycles. The third-order valence-electron chi connectivity index (χ3n) is 7.24. The maximum Gasteiger partial charge on any atom is 0.255 e. The number of likely N-dealkylation sites (N-methyl/N-ethyl adjacent to an activating group) is 1. The van der Waals surface area contributed by atoms with Crippen LogP contribution in [0.5, 0.6) is 5.75 Å². The Labute approximate surface area is 200 Å². The molecule has 11 nitrogen and oxygen atoms in total. The van der Waals surface area contributed by atoms with Crippen LogP contribution in [-0.2, 0) is 20.8 Å². The topological polar surface area (TPSA) is 182 Å². The molecule has 0 aliphatic heterocycles. The minimum absolute atomic E-state index is 0.0446. The van der Waals surface area contributed by atoms with Gasteiger partial charge >= 0.3 is 0 Å². The summed E-state index contributed by atoms with van der Waals surface area (Å²) >= 11 is 0. The number of primary amides is 1. The molecule has 0 saturated heterocycles. The number of carbonyl (C=O) groups is 4. The Balaban J connectivity index is 1.98. The van der Waals surface area contributed by atoms with Crippen LogP contribution in [0.2, 0.25) is 0 Å². The van der Waals surface area contributed by atoms with Gasteiger partial charge in [0.05, 0.1) is 11.6 Å². The van der Waals surface area contributed by atoms with Crippen molar-refractivity contribution in [2.75, 3.05) is 28.2 Å². The maximum atomic E-state index is 13.7. The zero-order chi connectivity index (χ0) is 26.1. The summed E-state index contributed by atoms with van der Waals surface area (Å²) in [7, 11) is 6.16. The summed E-state index contributed by atoms with van der Waals surface area (Å²) in [6.45, 7) is 0. The van der Waals surface area contributed by atoms with Gasteiger partial charge in [0.25, 0.3) is 11.8 Å². The van der Waals surface area contributed by atoms with Crippen molar-refractivity contribution >= 4 is 29.1 Å². The van der Waals surface area contributed by atoms with Crippen molar-refractivity contribution in [1.82, 2.24) is 9.80 Å². The molecule has 11 heteroatoms. The third kappa shape index (κ3) is 3.18. The lowest BCUT2D eigenvalue weighted by molar-refractivity contribution is -0.153. The molecule has 1 fully saturated rings. The summed E-state index contributed by atoms with van der Waals surface area (Å²) in [5.74, 6) is -7.65. The van der Waals surface area contributed by atoms with Gasteiger partial charge in [-0.25, -0.2) is 0 Å². The summed E-state index contributed by atoms with van der Waals surface area (Å²) in [6, 6.07) is 1.48. The highest BCUT2D eigenvalue weighted by Crippen LogP contribution is 2.52. The number of nitrogens with two attached hydrogens (primary N) is 1. The summed E-state index contributed by atoms with van der Waals surface area (Å²) in [5.41, 5.74) is 1.91. The van der Waals surface area contributed by atoms with Crippen molar-refractivity contribution in [1.29, 1.82) is 0 Å². The van der Waals surface area contributed by atoms with Crippen molar-refractivity contribution in [3.05, 3.63) is 45.7 Å². The highest BCUT2D eigenvalue weighted by atomic mass is 16.3. The highest BCUT2D eigenvalue weighted by Gasteiger charge is 2.64. The normalized spacial score (nSPS) is 28.0. The minimum Gasteiger partial charge on any atom is -0.508 e. The highest BCUT2D eigenvalue weighted by molar-refractivity contribution is 6.24. The smallest absolute Gasteiger partial charge is 0.255 e. The van der Waals surface area contributed by atoms with Gasteiger partial charge in [-0.2, -0.15) is 0 Å². The fourth-order valence-corrected chi connectivity index (χ4v) is 5.69. The molecule has 0 aromatic heterocycles. The second-order valence-electron chi connectivity index (χ2n) is 9.65. The van der Waals surface area contributed by atoms with Crippen LogP contribution in [0.3, 0.4) is 0 Å². The predicted octanol–water partition coefficient (Wildman–Crippen LogP) is -0.334. The molecule has 0 radical (unpaired) electrons. The van der Waals surface area contributed by atoms with Crippen LogP contribution in [0, 0.1) is 11.8 Å². The molecule has 3 aliphatic rings. The first-order chi connectivity index (χ1) is 16.2. The second-order valence-corrected chi connectivity index (χ2v) is 9.65. The van der Waals surface area contributed by atoms with Gasteiger partial charge in [0.15, 0.2) is 11.4 Å². The van der Waals surface area contributed by atoms with Gasteiger partial charge in [0, 0.05) is 31.1 Å². The molecular weight excluding hydrogens is 458 g/mol. The molecule has 3 aliphatic carbocycles. The molecule has 186 valence electrons. The molecule has 4 rings (SSSR count). The van der Waals surface area contributed by atoms with Gasteiger partial charge in [0.2, 0.25) is 5.78 Å². The van der Waals surface area contributed by atoms with Crippen LogP contribution in [0.4, 0.5) is 0 Å². The number of phenols is 1. The Kier molecular flexibility index (Phi) is 5.53. The first kappa shape index (κ1) is 24.4. The van der Waals surface area contributed by atoms with E-state index in [4.69, 9.17) is 5.73 Å². The standard InChI is InChI=1S/C24H27N3O8/c1-26(2)17-12-8-9-7-11-10(23(34)27(3)4)5-6-13(28)15(11)18(29)14(9)20(31)24(12,35)21(32)16(19(17)30)22(25)33/h5-6,9,12,17,28-29,32,35H,7-8H2,1-4H3,(H2,25,33)/t9-,12-,17?,24-/m1/s1. The number of nitrogens with zero attached hydrogens (tertiary/aromatic N) is 2. The number of hydrogen-bond donors (Lipinski definition) is 5. The summed E-state index contributed by atoms with van der Waals surface area (Å²) < 4.78 is 0. The van der Waals surface area contributed by atoms with Crippen LogP contribution in [-0.4, -0.2) is 93.4 Å². The number of hydrogen-bond acceptors (Lipinski definition) is 9. The number of phenolic OH excluding ortho intramolecular Hbond substituents is 1. The number of benzene rings is 1. The van der Waals surface area contributed by atoms with E-state index in [1.165, 1.54) is 36.0 Å². The number of Topliss-reactive ketones (excluding diaryl/α,β-unsaturated/α-hetero) is 2. The number of aromatic hydroxyl groups is 1. The Morgan fingerprint density at radius 1 is 1.09 bits per heavy atom. The first-order valence-corrected chi connectivity index (χ1v) is 11.0. The van der Waals surface area contributed by atoms with E-state index >= 15 is 0 Å². The molecular formula is C24H27N3O8. The number of amides is 2. The van der Waals surface area contributed by atoms with Crippen LogP contribution < -0.4 is 5.73 Å². The quantitative estimate of drug-likeness (QED) is 0.358. The van der Waals surface area contributed by atoms with Crippen molar-refractivity contribution in [3.63, 3.8) is 0 Å². The fraction of sp³-hybridized carbons (Fsp3) is 0.417. The van der Waals surface area contributed by atoms with Crippen LogP contribution in [0.15, 0.2) is 29.0 Å². The van der Waals surface area contributed by atoms with Crippen LogP contribution >= 0.6 is 0 Å². The molecule has 0 bridgehead atoms. The number of ketones is 2. The molecule has 0 spiro atoms. The van der Waals surface area contributed by atoms with E-state index in [1.807, 2.05) is 0 Å². The monoisotopic (exact) mass is 485 g/mol. The molecule has 1 aromatic carbocycles. The molecule has 6 N–H and O–H groups in total. The summed E-state index contributed by atoms with van der Waals surface area (Å²) in [4.78, 5) is 54.3. The Hall–Kier alpha value is -3.70. The van der Waals surface area contributed by atoms with Crippen LogP contribution in [0.25, 0.3) is 5.76 Å². The summed E-state index contributed by atoms with van der Waals surface area (Å²) in [5, 5.41) is 44.0. The SMILES string of the molecule is CN(C)C(=O)c1ccc(O)c2c1C[C@@H]1C[C@@H]3C(N(C)C)C(=O)C(C(N)=O)=C(O)[C@]3(O)C(=O)C1=C2O. The van der Waals surface area contributed by atoms with Crippen molar-refractivity contribution in [3.8, 4) is 5.75 Å². The lowest BCUT2D eigenvalue weighted by atomic mass is 9.57. The predicted molar refractivity (Wildman–Crippen MR) is 122 cm³/mol. The van der Waals surface area contributed by atoms with Gasteiger partial charge in [0.1, 0.15) is 22.8 Å². The Morgan fingerprint density at radius 2 is 1.71 bits per heavy atom. The number of fused-ring (bicyclic) bond motifs is 3. The number of aliphatic hydroxyl groups is 3. The fourth-order valence-electron chi connectivity index (χ4n) is 5.69. The lowest BCUT2D eigenvalue weighted by Crippen LogP contribution is -2.65. The van der Waals surface area contributed by atoms with Gasteiger partial charge < -0.3 is 31.1 Å². The maximum absolute atomic E-state index is 13.7. The number of aliphatic hydroxyl groups excluding tert-OH is 2. The summed E-state index contributed by atoms with van der Waals surface area (Å²) in [6.07, 6.45) is 0.00879. The lowest BCUT2D eigenvalue weighted by Gasteiger charge is -2.50. The molecule has 4 atom stereocenters. The van der Waals surface area contributed by atoms with E-state index in [2.05, 4.69) is 0 Å². The van der Waals surface area contributed by atoms with Gasteiger partial charge in [-0.1, -0.05) is 0 Å². The Bertz CT molecular complexity index is 1260. The molecule has 35 heavy (non-hydrogen) atoms. The largest absolute Gasteiger partial charge is 0.508 e. The molecule has 0 heterocycles. The van der Waals surface area contributed by atoms with E-state index in [9.17, 15) is 39.6 Å². The zero-order valence-electron chi connectivity index (χ0n) is 19.7. The average Bonchev–Trinajstić information content (AvgIpc) is 2.75. The van der Waals surface area contributed by atoms with Gasteiger partial charge in [-0.15, -0.1) is 0 Å². The number of carbonyl (C=O) groups excluding carboxylic acids is 4. The molecule has 2 amide bonds. The first-order valence-electron chi connectivity index (χ1n) is 11.0. The Morgan fingerprint density at radius 3 is 2.26 bits per heavy atom. The molecule has 1 unspecified atom stereocenters. The second kappa shape index (κ2) is 7.92. The van der Waals surface area contributed by atoms with E-state index in [1.54, 1.807) is 14.1 Å². The van der Waals surface area contributed by atoms with Gasteiger partial charge in [-0.05, 0) is 50.6 Å². The van der Waals surface area contributed by atoms with E-state index in [0.717, 1.165) is 0 Å². The van der Waals surface area contributed by atoms with Crippen molar-refractivity contribution in [2.24, 2.45) is 17.6 Å². The van der Waals surface area contributed by atoms with E-state index < -0.39 is 58.0 Å². The van der Waals surface area contributed by atoms with Crippen LogP contribution in [0.1, 0.15) is 27.9 Å². The van der Waals surface area contributed by atoms with E-state index in [0.29, 0.717) is 5.56 Å². The minimum atomic E-state index is -2.70. The molecule has 1 aromatic rings. The van der Waals surface area contributed by atoms with Crippen molar-refractivity contribution in [2.45, 2.75) is 24.5 Å². The van der Waals surface area contributed by atoms with E-state index in [-0.39, 0.29) is 41.2 Å². The number of rotatable bonds is 3.